The Bertz CT molecular complexity index is 428. The minimum absolute atomic E-state index is 0.115. The highest BCUT2D eigenvalue weighted by Crippen LogP contribution is 2.19. The van der Waals surface area contributed by atoms with Crippen LogP contribution in [-0.2, 0) is 4.74 Å². The van der Waals surface area contributed by atoms with Crippen molar-refractivity contribution in [3.05, 3.63) is 29.3 Å². The molecular weight excluding hydrogens is 266 g/mol. The Kier molecular flexibility index (Phi) is 6.49. The maximum absolute atomic E-state index is 8.76. The van der Waals surface area contributed by atoms with E-state index in [0.717, 1.165) is 44.8 Å². The van der Waals surface area contributed by atoms with Gasteiger partial charge in [-0.2, -0.15) is 0 Å². The fourth-order valence-corrected chi connectivity index (χ4v) is 2.67. The van der Waals surface area contributed by atoms with Gasteiger partial charge in [0.05, 0.1) is 19.3 Å². The molecule has 118 valence electrons. The first-order valence-corrected chi connectivity index (χ1v) is 7.84. The Morgan fingerprint density at radius 2 is 1.95 bits per heavy atom. The summed E-state index contributed by atoms with van der Waals surface area (Å²) >= 11 is 0. The molecule has 1 aliphatic heterocycles. The number of nitrogens with zero attached hydrogens (tertiary/aromatic N) is 1. The Morgan fingerprint density at radius 1 is 1.19 bits per heavy atom. The monoisotopic (exact) mass is 293 g/mol. The summed E-state index contributed by atoms with van der Waals surface area (Å²) in [5.41, 5.74) is 2.43. The molecule has 4 nitrogen and oxygen atoms in total. The smallest absolute Gasteiger partial charge is 0.122 e. The van der Waals surface area contributed by atoms with Gasteiger partial charge in [0, 0.05) is 19.6 Å². The Labute approximate surface area is 127 Å². The second kappa shape index (κ2) is 8.37. The minimum Gasteiger partial charge on any atom is -0.492 e. The van der Waals surface area contributed by atoms with Crippen molar-refractivity contribution in [3.63, 3.8) is 0 Å². The third-order valence-electron chi connectivity index (χ3n) is 3.99. The van der Waals surface area contributed by atoms with E-state index in [1.54, 1.807) is 0 Å². The summed E-state index contributed by atoms with van der Waals surface area (Å²) in [7, 11) is 0. The average Bonchev–Trinajstić information content (AvgIpc) is 2.50. The molecule has 1 aromatic carbocycles. The van der Waals surface area contributed by atoms with Gasteiger partial charge in [0.25, 0.3) is 0 Å². The highest BCUT2D eigenvalue weighted by molar-refractivity contribution is 5.35. The first-order chi connectivity index (χ1) is 10.2. The van der Waals surface area contributed by atoms with E-state index in [2.05, 4.69) is 36.9 Å². The van der Waals surface area contributed by atoms with Crippen LogP contribution < -0.4 is 4.74 Å². The number of rotatable bonds is 7. The van der Waals surface area contributed by atoms with Crippen molar-refractivity contribution in [1.82, 2.24) is 4.90 Å². The number of aliphatic hydroxyl groups is 1. The van der Waals surface area contributed by atoms with E-state index in [-0.39, 0.29) is 6.61 Å². The number of hydrogen-bond acceptors (Lipinski definition) is 4. The zero-order chi connectivity index (χ0) is 15.1. The van der Waals surface area contributed by atoms with Gasteiger partial charge in [0.2, 0.25) is 0 Å². The van der Waals surface area contributed by atoms with Gasteiger partial charge in [-0.25, -0.2) is 0 Å². The number of hydrogen-bond donors (Lipinski definition) is 1. The lowest BCUT2D eigenvalue weighted by atomic mass is 10.1. The van der Waals surface area contributed by atoms with Crippen LogP contribution in [0.5, 0.6) is 5.75 Å². The van der Waals surface area contributed by atoms with Crippen molar-refractivity contribution in [2.75, 3.05) is 39.5 Å². The normalized spacial score (nSPS) is 17.1. The largest absolute Gasteiger partial charge is 0.492 e. The van der Waals surface area contributed by atoms with E-state index in [1.165, 1.54) is 11.1 Å². The molecule has 0 saturated carbocycles. The maximum Gasteiger partial charge on any atom is 0.122 e. The predicted molar refractivity (Wildman–Crippen MR) is 83.9 cm³/mol. The van der Waals surface area contributed by atoms with Crippen LogP contribution in [0, 0.1) is 13.8 Å². The maximum atomic E-state index is 8.76. The molecule has 0 spiro atoms. The van der Waals surface area contributed by atoms with Gasteiger partial charge in [0.15, 0.2) is 0 Å². The fraction of sp³-hybridized carbons (Fsp3) is 0.647. The Morgan fingerprint density at radius 3 is 2.67 bits per heavy atom. The van der Waals surface area contributed by atoms with Crippen molar-refractivity contribution in [1.29, 1.82) is 0 Å². The van der Waals surface area contributed by atoms with Gasteiger partial charge in [-0.1, -0.05) is 12.1 Å². The molecule has 0 aliphatic carbocycles. The lowest BCUT2D eigenvalue weighted by molar-refractivity contribution is -0.00924. The van der Waals surface area contributed by atoms with Crippen LogP contribution in [0.3, 0.4) is 0 Å². The predicted octanol–water partition coefficient (Wildman–Crippen LogP) is 2.16. The van der Waals surface area contributed by atoms with E-state index in [0.29, 0.717) is 12.7 Å². The number of piperidine rings is 1. The quantitative estimate of drug-likeness (QED) is 0.836. The third-order valence-corrected chi connectivity index (χ3v) is 3.99. The second-order valence-corrected chi connectivity index (χ2v) is 5.75. The van der Waals surface area contributed by atoms with Gasteiger partial charge in [0.1, 0.15) is 12.4 Å². The molecule has 0 unspecified atom stereocenters. The van der Waals surface area contributed by atoms with Crippen molar-refractivity contribution in [2.45, 2.75) is 32.8 Å². The Hall–Kier alpha value is -1.10. The van der Waals surface area contributed by atoms with Gasteiger partial charge in [-0.05, 0) is 43.9 Å². The van der Waals surface area contributed by atoms with Crippen LogP contribution in [0.1, 0.15) is 24.0 Å². The number of aliphatic hydroxyl groups excluding tert-OH is 1. The van der Waals surface area contributed by atoms with Crippen molar-refractivity contribution in [2.24, 2.45) is 0 Å². The van der Waals surface area contributed by atoms with E-state index < -0.39 is 0 Å². The van der Waals surface area contributed by atoms with E-state index >= 15 is 0 Å². The summed E-state index contributed by atoms with van der Waals surface area (Å²) in [5.74, 6) is 0.996. The first-order valence-electron chi connectivity index (χ1n) is 7.84. The molecule has 1 fully saturated rings. The van der Waals surface area contributed by atoms with Gasteiger partial charge in [-0.15, -0.1) is 0 Å². The number of benzene rings is 1. The molecule has 1 N–H and O–H groups in total. The summed E-state index contributed by atoms with van der Waals surface area (Å²) in [4.78, 5) is 2.42. The molecular formula is C17H27NO3. The summed E-state index contributed by atoms with van der Waals surface area (Å²) in [5, 5.41) is 8.76. The van der Waals surface area contributed by atoms with E-state index in [4.69, 9.17) is 14.6 Å². The number of aryl methyl sites for hydroxylation is 2. The van der Waals surface area contributed by atoms with Crippen LogP contribution in [0.15, 0.2) is 18.2 Å². The molecule has 2 rings (SSSR count). The summed E-state index contributed by atoms with van der Waals surface area (Å²) in [6, 6.07) is 6.32. The SMILES string of the molecule is Cc1ccc(C)c(OCCN2CCC(OCCO)CC2)c1. The van der Waals surface area contributed by atoms with Crippen LogP contribution in [0.4, 0.5) is 0 Å². The minimum atomic E-state index is 0.115. The zero-order valence-corrected chi connectivity index (χ0v) is 13.2. The Balaban J connectivity index is 1.67. The summed E-state index contributed by atoms with van der Waals surface area (Å²) < 4.78 is 11.5. The fourth-order valence-electron chi connectivity index (χ4n) is 2.67. The van der Waals surface area contributed by atoms with Crippen molar-refractivity contribution < 1.29 is 14.6 Å². The van der Waals surface area contributed by atoms with Crippen LogP contribution in [0.25, 0.3) is 0 Å². The lowest BCUT2D eigenvalue weighted by Crippen LogP contribution is -2.39. The topological polar surface area (TPSA) is 41.9 Å². The van der Waals surface area contributed by atoms with Crippen LogP contribution in [-0.4, -0.2) is 55.6 Å². The third kappa shape index (κ3) is 5.30. The summed E-state index contributed by atoms with van der Waals surface area (Å²) in [6.07, 6.45) is 2.40. The van der Waals surface area contributed by atoms with Crippen LogP contribution in [0.2, 0.25) is 0 Å². The number of likely N-dealkylation sites (tertiary alicyclic amines) is 1. The van der Waals surface area contributed by atoms with Crippen LogP contribution >= 0.6 is 0 Å². The van der Waals surface area contributed by atoms with Crippen molar-refractivity contribution >= 4 is 0 Å². The van der Waals surface area contributed by atoms with Crippen molar-refractivity contribution in [3.8, 4) is 5.75 Å². The highest BCUT2D eigenvalue weighted by Gasteiger charge is 2.19. The molecule has 0 atom stereocenters. The molecule has 1 heterocycles. The molecule has 1 aliphatic rings. The average molecular weight is 293 g/mol. The molecule has 0 radical (unpaired) electrons. The molecule has 1 saturated heterocycles. The number of ether oxygens (including phenoxy) is 2. The second-order valence-electron chi connectivity index (χ2n) is 5.75. The van der Waals surface area contributed by atoms with E-state index in [1.807, 2.05) is 0 Å². The highest BCUT2D eigenvalue weighted by atomic mass is 16.5. The molecule has 4 heteroatoms. The molecule has 0 aromatic heterocycles. The molecule has 0 amide bonds. The van der Waals surface area contributed by atoms with Gasteiger partial charge in [-0.3, -0.25) is 4.90 Å². The molecule has 1 aromatic rings. The molecule has 21 heavy (non-hydrogen) atoms. The van der Waals surface area contributed by atoms with E-state index in [9.17, 15) is 0 Å². The van der Waals surface area contributed by atoms with Gasteiger partial charge >= 0.3 is 0 Å². The lowest BCUT2D eigenvalue weighted by Gasteiger charge is -2.31. The summed E-state index contributed by atoms with van der Waals surface area (Å²) in [6.45, 7) is 8.53. The zero-order valence-electron chi connectivity index (χ0n) is 13.2. The molecule has 0 bridgehead atoms. The standard InChI is InChI=1S/C17H27NO3/c1-14-3-4-15(2)17(13-14)21-11-9-18-7-5-16(6-8-18)20-12-10-19/h3-4,13,16,19H,5-12H2,1-2H3. The first kappa shape index (κ1) is 16.3. The van der Waals surface area contributed by atoms with Gasteiger partial charge < -0.3 is 14.6 Å².